The lowest BCUT2D eigenvalue weighted by Crippen LogP contribution is -2.24. The number of ketones is 1. The first-order chi connectivity index (χ1) is 17.3. The summed E-state index contributed by atoms with van der Waals surface area (Å²) in [4.78, 5) is 26.4. The maximum Gasteiger partial charge on any atom is 0.333 e. The molecule has 13 heteroatoms. The number of pyridine rings is 1. The molecular formula is C23H24N6O5S2. The van der Waals surface area contributed by atoms with Crippen LogP contribution in [0, 0.1) is 5.92 Å². The Kier molecular flexibility index (Phi) is 6.81. The molecule has 5 rings (SSSR count). The third-order valence-corrected chi connectivity index (χ3v) is 7.65. The maximum atomic E-state index is 13.3. The largest absolute Gasteiger partial charge is 0.393 e. The number of thiophene rings is 1. The van der Waals surface area contributed by atoms with Gasteiger partial charge >= 0.3 is 10.3 Å². The first-order valence-corrected chi connectivity index (χ1v) is 13.5. The van der Waals surface area contributed by atoms with Crippen molar-refractivity contribution >= 4 is 44.1 Å². The predicted octanol–water partition coefficient (Wildman–Crippen LogP) is 1.94. The Bertz CT molecular complexity index is 1500. The third-order valence-electron chi connectivity index (χ3n) is 6.21. The van der Waals surface area contributed by atoms with Crippen molar-refractivity contribution in [2.75, 3.05) is 11.9 Å². The smallest absolute Gasteiger partial charge is 0.333 e. The second-order valence-electron chi connectivity index (χ2n) is 8.73. The molecule has 11 nitrogen and oxygen atoms in total. The molecule has 4 heterocycles. The van der Waals surface area contributed by atoms with Crippen LogP contribution in [-0.4, -0.2) is 57.6 Å². The second-order valence-corrected chi connectivity index (χ2v) is 10.9. The molecule has 1 aliphatic carbocycles. The van der Waals surface area contributed by atoms with Crippen molar-refractivity contribution < 1.29 is 22.5 Å². The number of nitrogens with zero attached hydrogens (tertiary/aromatic N) is 4. The Morgan fingerprint density at radius 1 is 1.28 bits per heavy atom. The molecule has 4 N–H and O–H groups in total. The molecule has 0 spiro atoms. The SMILES string of the molecule is NS(=O)(=O)OC[C@H]1C[C@@H](Nc2ncncc2C(=O)c2cc(Cn3ccc4ccncc43)cs2)C[C@@H]1O. The fraction of sp³-hybridized carbons (Fsp3) is 0.304. The normalized spacial score (nSPS) is 20.1. The fourth-order valence-corrected chi connectivity index (χ4v) is 5.68. The quantitative estimate of drug-likeness (QED) is 0.276. The average molecular weight is 529 g/mol. The zero-order valence-electron chi connectivity index (χ0n) is 19.0. The first-order valence-electron chi connectivity index (χ1n) is 11.2. The lowest BCUT2D eigenvalue weighted by molar-refractivity contribution is 0.101. The molecule has 188 valence electrons. The van der Waals surface area contributed by atoms with Crippen molar-refractivity contribution in [1.29, 1.82) is 0 Å². The topological polar surface area (TPSA) is 162 Å². The molecule has 0 saturated heterocycles. The molecule has 0 amide bonds. The van der Waals surface area contributed by atoms with E-state index in [4.69, 9.17) is 5.14 Å². The molecule has 0 aromatic carbocycles. The standard InChI is InChI=1S/C23H24N6O5S2/c24-36(32,33)34-11-16-6-17(7-20(16)30)28-23-18(8-26-13-27-23)22(31)21-5-14(12-35-21)10-29-4-2-15-1-3-25-9-19(15)29/h1-5,8-9,12-13,16-17,20,30H,6-7,10-11H2,(H2,24,32,33)(H,26,27,28)/t16-,17-,20+/m1/s1. The van der Waals surface area contributed by atoms with E-state index in [2.05, 4.69) is 29.0 Å². The van der Waals surface area contributed by atoms with Gasteiger partial charge in [-0.3, -0.25) is 14.0 Å². The Morgan fingerprint density at radius 2 is 2.14 bits per heavy atom. The van der Waals surface area contributed by atoms with E-state index in [0.717, 1.165) is 16.5 Å². The molecule has 0 radical (unpaired) electrons. The van der Waals surface area contributed by atoms with E-state index in [1.807, 2.05) is 36.0 Å². The van der Waals surface area contributed by atoms with Gasteiger partial charge in [0.05, 0.1) is 34.9 Å². The lowest BCUT2D eigenvalue weighted by Gasteiger charge is -2.15. The Morgan fingerprint density at radius 3 is 2.97 bits per heavy atom. The van der Waals surface area contributed by atoms with Crippen LogP contribution in [0.1, 0.15) is 33.6 Å². The van der Waals surface area contributed by atoms with Crippen LogP contribution in [0.4, 0.5) is 5.82 Å². The molecular weight excluding hydrogens is 504 g/mol. The van der Waals surface area contributed by atoms with Crippen molar-refractivity contribution in [2.24, 2.45) is 11.1 Å². The minimum absolute atomic E-state index is 0.207. The highest BCUT2D eigenvalue weighted by atomic mass is 32.2. The van der Waals surface area contributed by atoms with E-state index in [0.29, 0.717) is 35.6 Å². The number of hydrogen-bond donors (Lipinski definition) is 3. The van der Waals surface area contributed by atoms with Crippen molar-refractivity contribution in [3.63, 3.8) is 0 Å². The average Bonchev–Trinajstić information content (AvgIpc) is 3.57. The number of aromatic nitrogens is 4. The highest BCUT2D eigenvalue weighted by Gasteiger charge is 2.34. The van der Waals surface area contributed by atoms with Gasteiger partial charge in [0.1, 0.15) is 12.1 Å². The van der Waals surface area contributed by atoms with Crippen LogP contribution in [0.25, 0.3) is 10.9 Å². The number of hydrogen-bond acceptors (Lipinski definition) is 10. The first kappa shape index (κ1) is 24.5. The van der Waals surface area contributed by atoms with Gasteiger partial charge in [-0.15, -0.1) is 11.3 Å². The van der Waals surface area contributed by atoms with Gasteiger partial charge in [-0.1, -0.05) is 0 Å². The second kappa shape index (κ2) is 10.0. The summed E-state index contributed by atoms with van der Waals surface area (Å²) in [6.45, 7) is 0.399. The monoisotopic (exact) mass is 528 g/mol. The number of carbonyl (C=O) groups is 1. The number of carbonyl (C=O) groups excluding carboxylic acids is 1. The predicted molar refractivity (Wildman–Crippen MR) is 134 cm³/mol. The van der Waals surface area contributed by atoms with Crippen molar-refractivity contribution in [3.8, 4) is 0 Å². The number of aliphatic hydroxyl groups is 1. The van der Waals surface area contributed by atoms with Gasteiger partial charge in [0.25, 0.3) is 0 Å². The van der Waals surface area contributed by atoms with Gasteiger partial charge in [0, 0.05) is 42.5 Å². The molecule has 0 aliphatic heterocycles. The summed E-state index contributed by atoms with van der Waals surface area (Å²) in [5, 5.41) is 21.5. The number of rotatable bonds is 9. The molecule has 1 fully saturated rings. The van der Waals surface area contributed by atoms with Gasteiger partial charge < -0.3 is 15.0 Å². The summed E-state index contributed by atoms with van der Waals surface area (Å²) >= 11 is 1.35. The van der Waals surface area contributed by atoms with E-state index in [9.17, 15) is 18.3 Å². The van der Waals surface area contributed by atoms with Crippen LogP contribution in [0.15, 0.2) is 54.7 Å². The molecule has 3 atom stereocenters. The third kappa shape index (κ3) is 5.44. The zero-order valence-corrected chi connectivity index (χ0v) is 20.7. The van der Waals surface area contributed by atoms with Crippen LogP contribution >= 0.6 is 11.3 Å². The van der Waals surface area contributed by atoms with E-state index in [1.54, 1.807) is 6.20 Å². The maximum absolute atomic E-state index is 13.3. The molecule has 1 aliphatic rings. The van der Waals surface area contributed by atoms with Gasteiger partial charge in [-0.2, -0.15) is 8.42 Å². The summed E-state index contributed by atoms with van der Waals surface area (Å²) in [5.41, 5.74) is 2.33. The molecule has 1 saturated carbocycles. The zero-order chi connectivity index (χ0) is 25.3. The summed E-state index contributed by atoms with van der Waals surface area (Å²) in [5.74, 6) is -0.264. The van der Waals surface area contributed by atoms with Gasteiger partial charge in [-0.05, 0) is 42.0 Å². The van der Waals surface area contributed by atoms with Crippen molar-refractivity contribution in [3.05, 3.63) is 70.7 Å². The van der Waals surface area contributed by atoms with Crippen LogP contribution < -0.4 is 10.5 Å². The number of fused-ring (bicyclic) bond motifs is 1. The number of nitrogens with one attached hydrogen (secondary N) is 1. The Hall–Kier alpha value is -3.23. The van der Waals surface area contributed by atoms with E-state index in [-0.39, 0.29) is 18.4 Å². The van der Waals surface area contributed by atoms with E-state index >= 15 is 0 Å². The molecule has 0 unspecified atom stereocenters. The van der Waals surface area contributed by atoms with Gasteiger partial charge in [0.15, 0.2) is 0 Å². The number of aliphatic hydroxyl groups excluding tert-OH is 1. The van der Waals surface area contributed by atoms with Crippen LogP contribution in [-0.2, 0) is 21.0 Å². The number of anilines is 1. The van der Waals surface area contributed by atoms with Gasteiger partial charge in [-0.25, -0.2) is 15.1 Å². The summed E-state index contributed by atoms with van der Waals surface area (Å²) in [6.07, 6.45) is 8.38. The van der Waals surface area contributed by atoms with Crippen LogP contribution in [0.3, 0.4) is 0 Å². The number of nitrogens with two attached hydrogens (primary N) is 1. The highest BCUT2D eigenvalue weighted by Crippen LogP contribution is 2.30. The van der Waals surface area contributed by atoms with Crippen molar-refractivity contribution in [1.82, 2.24) is 19.5 Å². The summed E-state index contributed by atoms with van der Waals surface area (Å²) < 4.78 is 28.9. The molecule has 4 aromatic rings. The lowest BCUT2D eigenvalue weighted by atomic mass is 10.1. The molecule has 36 heavy (non-hydrogen) atoms. The van der Waals surface area contributed by atoms with E-state index < -0.39 is 22.3 Å². The fourth-order valence-electron chi connectivity index (χ4n) is 4.46. The highest BCUT2D eigenvalue weighted by molar-refractivity contribution is 7.84. The van der Waals surface area contributed by atoms with Crippen LogP contribution in [0.2, 0.25) is 0 Å². The summed E-state index contributed by atoms with van der Waals surface area (Å²) in [7, 11) is -4.09. The Labute approximate surface area is 211 Å². The molecule has 4 aromatic heterocycles. The molecule has 0 bridgehead atoms. The summed E-state index contributed by atoms with van der Waals surface area (Å²) in [6, 6.07) is 5.62. The van der Waals surface area contributed by atoms with Gasteiger partial charge in [0.2, 0.25) is 5.78 Å². The van der Waals surface area contributed by atoms with Crippen molar-refractivity contribution in [2.45, 2.75) is 31.5 Å². The minimum atomic E-state index is -4.09. The van der Waals surface area contributed by atoms with E-state index in [1.165, 1.54) is 23.9 Å². The minimum Gasteiger partial charge on any atom is -0.393 e. The van der Waals surface area contributed by atoms with Crippen LogP contribution in [0.5, 0.6) is 0 Å². The Balaban J connectivity index is 1.28.